The number of aryl methyl sites for hydroxylation is 4. The van der Waals surface area contributed by atoms with E-state index in [1.165, 1.54) is 11.1 Å². The summed E-state index contributed by atoms with van der Waals surface area (Å²) in [7, 11) is 2.04. The molecule has 0 bridgehead atoms. The zero-order valence-electron chi connectivity index (χ0n) is 15.6. The lowest BCUT2D eigenvalue weighted by atomic mass is 10.1. The Morgan fingerprint density at radius 2 is 2.00 bits per heavy atom. The van der Waals surface area contributed by atoms with E-state index in [-0.39, 0.29) is 5.91 Å². The highest BCUT2D eigenvalue weighted by Crippen LogP contribution is 2.15. The molecule has 0 atom stereocenters. The van der Waals surface area contributed by atoms with E-state index < -0.39 is 0 Å². The van der Waals surface area contributed by atoms with E-state index in [1.807, 2.05) is 37.4 Å². The quantitative estimate of drug-likeness (QED) is 0.542. The van der Waals surface area contributed by atoms with Gasteiger partial charge in [0.05, 0.1) is 11.0 Å². The van der Waals surface area contributed by atoms with Crippen LogP contribution in [0.1, 0.15) is 28.9 Å². The summed E-state index contributed by atoms with van der Waals surface area (Å²) in [6, 6.07) is 14.3. The van der Waals surface area contributed by atoms with Crippen LogP contribution in [0.2, 0.25) is 0 Å². The molecule has 2 aromatic carbocycles. The molecule has 0 spiro atoms. The van der Waals surface area contributed by atoms with Gasteiger partial charge in [-0.15, -0.1) is 0 Å². The van der Waals surface area contributed by atoms with Gasteiger partial charge in [-0.05, 0) is 49.6 Å². The predicted octanol–water partition coefficient (Wildman–Crippen LogP) is 3.95. The third-order valence-electron chi connectivity index (χ3n) is 4.60. The number of aromatic nitrogens is 2. The molecule has 4 nitrogen and oxygen atoms in total. The van der Waals surface area contributed by atoms with Gasteiger partial charge in [-0.1, -0.05) is 35.9 Å². The third kappa shape index (κ3) is 4.20. The number of nitrogens with zero attached hydrogens (tertiary/aromatic N) is 2. The number of nitrogens with one attached hydrogen (secondary N) is 1. The molecule has 26 heavy (non-hydrogen) atoms. The van der Waals surface area contributed by atoms with Crippen molar-refractivity contribution in [3.05, 3.63) is 71.1 Å². The van der Waals surface area contributed by atoms with Gasteiger partial charge >= 0.3 is 0 Å². The molecule has 0 unspecified atom stereocenters. The number of carbonyl (C=O) groups excluding carboxylic acids is 1. The molecule has 1 heterocycles. The Kier molecular flexibility index (Phi) is 5.52. The molecular weight excluding hydrogens is 322 g/mol. The van der Waals surface area contributed by atoms with Crippen LogP contribution in [-0.2, 0) is 18.3 Å². The Bertz CT molecular complexity index is 953. The van der Waals surface area contributed by atoms with Crippen molar-refractivity contribution < 1.29 is 4.79 Å². The zero-order chi connectivity index (χ0) is 18.5. The van der Waals surface area contributed by atoms with E-state index in [0.29, 0.717) is 6.54 Å². The highest BCUT2D eigenvalue weighted by atomic mass is 16.1. The van der Waals surface area contributed by atoms with E-state index >= 15 is 0 Å². The molecule has 0 radical (unpaired) electrons. The normalized spacial score (nSPS) is 11.3. The third-order valence-corrected chi connectivity index (χ3v) is 4.60. The summed E-state index contributed by atoms with van der Waals surface area (Å²) >= 11 is 0. The van der Waals surface area contributed by atoms with E-state index in [0.717, 1.165) is 35.3 Å². The molecule has 0 fully saturated rings. The second-order valence-electron chi connectivity index (χ2n) is 6.66. The highest BCUT2D eigenvalue weighted by Gasteiger charge is 2.06. The van der Waals surface area contributed by atoms with Crippen LogP contribution in [0.25, 0.3) is 17.1 Å². The lowest BCUT2D eigenvalue weighted by molar-refractivity contribution is -0.116. The Balaban J connectivity index is 1.49. The minimum atomic E-state index is -0.0602. The number of rotatable bonds is 6. The van der Waals surface area contributed by atoms with Crippen LogP contribution in [0.15, 0.2) is 48.5 Å². The van der Waals surface area contributed by atoms with Gasteiger partial charge in [0.1, 0.15) is 5.82 Å². The van der Waals surface area contributed by atoms with Crippen molar-refractivity contribution in [2.75, 3.05) is 6.54 Å². The van der Waals surface area contributed by atoms with Crippen LogP contribution in [0.4, 0.5) is 0 Å². The van der Waals surface area contributed by atoms with Crippen molar-refractivity contribution in [3.8, 4) is 0 Å². The molecule has 1 N–H and O–H groups in total. The predicted molar refractivity (Wildman–Crippen MR) is 107 cm³/mol. The van der Waals surface area contributed by atoms with Gasteiger partial charge < -0.3 is 9.88 Å². The van der Waals surface area contributed by atoms with Crippen molar-refractivity contribution in [1.29, 1.82) is 0 Å². The first-order valence-electron chi connectivity index (χ1n) is 8.98. The second-order valence-corrected chi connectivity index (χ2v) is 6.66. The molecule has 0 saturated carbocycles. The highest BCUT2D eigenvalue weighted by molar-refractivity contribution is 5.91. The summed E-state index contributed by atoms with van der Waals surface area (Å²) in [4.78, 5) is 16.7. The average molecular weight is 347 g/mol. The minimum absolute atomic E-state index is 0.0602. The van der Waals surface area contributed by atoms with Crippen molar-refractivity contribution >= 4 is 23.0 Å². The van der Waals surface area contributed by atoms with Gasteiger partial charge in [0, 0.05) is 26.1 Å². The second kappa shape index (κ2) is 8.00. The van der Waals surface area contributed by atoms with Gasteiger partial charge in [0.15, 0.2) is 0 Å². The number of hydrogen-bond donors (Lipinski definition) is 1. The van der Waals surface area contributed by atoms with E-state index in [2.05, 4.69) is 46.9 Å². The van der Waals surface area contributed by atoms with Gasteiger partial charge in [0.2, 0.25) is 5.91 Å². The molecule has 0 aliphatic rings. The summed E-state index contributed by atoms with van der Waals surface area (Å²) in [6.07, 6.45) is 5.18. The largest absolute Gasteiger partial charge is 0.353 e. The number of para-hydroxylation sites is 2. The van der Waals surface area contributed by atoms with Crippen molar-refractivity contribution in [2.24, 2.45) is 7.05 Å². The number of benzene rings is 2. The number of carbonyl (C=O) groups is 1. The zero-order valence-corrected chi connectivity index (χ0v) is 15.6. The van der Waals surface area contributed by atoms with Gasteiger partial charge in [-0.2, -0.15) is 0 Å². The molecule has 1 aromatic heterocycles. The lowest BCUT2D eigenvalue weighted by Gasteiger charge is -2.04. The Labute approximate surface area is 154 Å². The fourth-order valence-corrected chi connectivity index (χ4v) is 3.11. The van der Waals surface area contributed by atoms with Crippen molar-refractivity contribution in [1.82, 2.24) is 14.9 Å². The Hall–Kier alpha value is -2.88. The first kappa shape index (κ1) is 17.9. The molecule has 0 saturated heterocycles. The maximum absolute atomic E-state index is 12.0. The van der Waals surface area contributed by atoms with Crippen LogP contribution in [0.3, 0.4) is 0 Å². The standard InChI is InChI=1S/C22H25N3O/c1-16-10-11-18(17(2)15-16)12-13-22(26)23-14-6-9-21-24-19-7-4-5-8-20(19)25(21)3/h4-5,7-8,10-13,15H,6,9,14H2,1-3H3,(H,23,26)/b13-12+. The number of amides is 1. The number of imidazole rings is 1. The maximum atomic E-state index is 12.0. The van der Waals surface area contributed by atoms with Crippen LogP contribution in [0.5, 0.6) is 0 Å². The molecule has 3 rings (SSSR count). The van der Waals surface area contributed by atoms with Crippen LogP contribution in [0, 0.1) is 13.8 Å². The van der Waals surface area contributed by atoms with E-state index in [4.69, 9.17) is 0 Å². The van der Waals surface area contributed by atoms with Gasteiger partial charge in [-0.25, -0.2) is 4.98 Å². The molecule has 3 aromatic rings. The summed E-state index contributed by atoms with van der Waals surface area (Å²) in [5.74, 6) is 0.987. The number of fused-ring (bicyclic) bond motifs is 1. The fraction of sp³-hybridized carbons (Fsp3) is 0.273. The van der Waals surface area contributed by atoms with Crippen LogP contribution in [-0.4, -0.2) is 22.0 Å². The number of hydrogen-bond acceptors (Lipinski definition) is 2. The minimum Gasteiger partial charge on any atom is -0.353 e. The summed E-state index contributed by atoms with van der Waals surface area (Å²) in [5.41, 5.74) is 5.64. The van der Waals surface area contributed by atoms with E-state index in [1.54, 1.807) is 6.08 Å². The molecule has 1 amide bonds. The fourth-order valence-electron chi connectivity index (χ4n) is 3.11. The first-order valence-corrected chi connectivity index (χ1v) is 8.98. The van der Waals surface area contributed by atoms with Gasteiger partial charge in [-0.3, -0.25) is 4.79 Å². The molecule has 4 heteroatoms. The molecule has 134 valence electrons. The molecule has 0 aliphatic carbocycles. The lowest BCUT2D eigenvalue weighted by Crippen LogP contribution is -2.22. The van der Waals surface area contributed by atoms with Gasteiger partial charge in [0.25, 0.3) is 0 Å². The smallest absolute Gasteiger partial charge is 0.243 e. The maximum Gasteiger partial charge on any atom is 0.243 e. The summed E-state index contributed by atoms with van der Waals surface area (Å²) < 4.78 is 2.12. The Morgan fingerprint density at radius 3 is 2.77 bits per heavy atom. The van der Waals surface area contributed by atoms with Crippen LogP contribution >= 0.6 is 0 Å². The van der Waals surface area contributed by atoms with E-state index in [9.17, 15) is 4.79 Å². The van der Waals surface area contributed by atoms with Crippen LogP contribution < -0.4 is 5.32 Å². The van der Waals surface area contributed by atoms with Crippen molar-refractivity contribution in [2.45, 2.75) is 26.7 Å². The monoisotopic (exact) mass is 347 g/mol. The topological polar surface area (TPSA) is 46.9 Å². The Morgan fingerprint density at radius 1 is 1.19 bits per heavy atom. The summed E-state index contributed by atoms with van der Waals surface area (Å²) in [6.45, 7) is 4.76. The first-order chi connectivity index (χ1) is 12.5. The SMILES string of the molecule is Cc1ccc(/C=C/C(=O)NCCCc2nc3ccccc3n2C)c(C)c1. The van der Waals surface area contributed by atoms with Crippen molar-refractivity contribution in [3.63, 3.8) is 0 Å². The average Bonchev–Trinajstić information content (AvgIpc) is 2.94. The summed E-state index contributed by atoms with van der Waals surface area (Å²) in [5, 5.41) is 2.94. The molecule has 0 aliphatic heterocycles. The molecular formula is C22H25N3O.